The van der Waals surface area contributed by atoms with Crippen molar-refractivity contribution in [1.29, 1.82) is 0 Å². The van der Waals surface area contributed by atoms with Crippen molar-refractivity contribution in [3.63, 3.8) is 0 Å². The zero-order valence-electron chi connectivity index (χ0n) is 13.7. The first-order chi connectivity index (χ1) is 12.1. The molecule has 2 atom stereocenters. The minimum atomic E-state index is -0.853. The van der Waals surface area contributed by atoms with E-state index < -0.39 is 12.1 Å². The fraction of sp³-hybridized carbons (Fsp3) is 0.300. The molecule has 0 fully saturated rings. The molecule has 0 spiro atoms. The third-order valence-corrected chi connectivity index (χ3v) is 4.98. The van der Waals surface area contributed by atoms with E-state index in [0.29, 0.717) is 13.2 Å². The van der Waals surface area contributed by atoms with Gasteiger partial charge in [-0.2, -0.15) is 0 Å². The van der Waals surface area contributed by atoms with Crippen LogP contribution in [0.4, 0.5) is 5.69 Å². The Hall–Kier alpha value is -2.66. The van der Waals surface area contributed by atoms with Crippen LogP contribution >= 0.6 is 0 Å². The molecule has 2 aromatic rings. The van der Waals surface area contributed by atoms with Crippen molar-refractivity contribution in [2.45, 2.75) is 24.9 Å². The summed E-state index contributed by atoms with van der Waals surface area (Å²) < 4.78 is 5.80. The summed E-state index contributed by atoms with van der Waals surface area (Å²) in [6.07, 6.45) is 0.197. The fourth-order valence-electron chi connectivity index (χ4n) is 3.83. The Kier molecular flexibility index (Phi) is 4.01. The minimum Gasteiger partial charge on any atom is -0.481 e. The van der Waals surface area contributed by atoms with Gasteiger partial charge in [0.05, 0.1) is 13.0 Å². The highest BCUT2D eigenvalue weighted by molar-refractivity contribution is 5.99. The molecule has 0 saturated heterocycles. The maximum Gasteiger partial charge on any atom is 0.304 e. The Balaban J connectivity index is 1.67. The molecular formula is C20H19NO4. The van der Waals surface area contributed by atoms with Crippen LogP contribution in [0.1, 0.15) is 35.1 Å². The lowest BCUT2D eigenvalue weighted by Crippen LogP contribution is -2.37. The van der Waals surface area contributed by atoms with Gasteiger partial charge in [-0.3, -0.25) is 9.59 Å². The van der Waals surface area contributed by atoms with Crippen LogP contribution in [0, 0.1) is 0 Å². The van der Waals surface area contributed by atoms with Gasteiger partial charge in [0.25, 0.3) is 5.91 Å². The zero-order valence-corrected chi connectivity index (χ0v) is 13.7. The van der Waals surface area contributed by atoms with E-state index in [0.717, 1.165) is 28.8 Å². The summed E-state index contributed by atoms with van der Waals surface area (Å²) in [6, 6.07) is 15.4. The lowest BCUT2D eigenvalue weighted by Gasteiger charge is -2.29. The Morgan fingerprint density at radius 1 is 1.08 bits per heavy atom. The molecule has 1 amide bonds. The summed E-state index contributed by atoms with van der Waals surface area (Å²) in [5.41, 5.74) is 3.77. The lowest BCUT2D eigenvalue weighted by atomic mass is 9.97. The van der Waals surface area contributed by atoms with E-state index in [1.54, 1.807) is 4.90 Å². The topological polar surface area (TPSA) is 66.8 Å². The summed E-state index contributed by atoms with van der Waals surface area (Å²) in [5, 5.41) is 9.18. The molecule has 5 nitrogen and oxygen atoms in total. The average Bonchev–Trinajstić information content (AvgIpc) is 2.99. The summed E-state index contributed by atoms with van der Waals surface area (Å²) in [6.45, 7) is 0.897. The highest BCUT2D eigenvalue weighted by Gasteiger charge is 2.38. The first-order valence-electron chi connectivity index (χ1n) is 8.46. The van der Waals surface area contributed by atoms with Crippen molar-refractivity contribution in [3.05, 3.63) is 65.2 Å². The number of nitrogens with zero attached hydrogens (tertiary/aromatic N) is 1. The van der Waals surface area contributed by atoms with Crippen molar-refractivity contribution in [1.82, 2.24) is 0 Å². The van der Waals surface area contributed by atoms with Gasteiger partial charge in [-0.25, -0.2) is 0 Å². The van der Waals surface area contributed by atoms with E-state index in [1.807, 2.05) is 48.5 Å². The van der Waals surface area contributed by atoms with Crippen LogP contribution in [-0.2, 0) is 20.7 Å². The molecule has 0 radical (unpaired) electrons. The second-order valence-corrected chi connectivity index (χ2v) is 6.50. The molecule has 2 aliphatic rings. The number of para-hydroxylation sites is 1. The molecule has 2 heterocycles. The second-order valence-electron chi connectivity index (χ2n) is 6.50. The van der Waals surface area contributed by atoms with Gasteiger partial charge in [0.1, 0.15) is 0 Å². The van der Waals surface area contributed by atoms with Gasteiger partial charge in [0.15, 0.2) is 6.10 Å². The predicted molar refractivity (Wildman–Crippen MR) is 92.6 cm³/mol. The molecule has 0 aliphatic carbocycles. The van der Waals surface area contributed by atoms with Crippen LogP contribution < -0.4 is 4.90 Å². The highest BCUT2D eigenvalue weighted by Crippen LogP contribution is 2.40. The summed E-state index contributed by atoms with van der Waals surface area (Å²) in [4.78, 5) is 26.1. The predicted octanol–water partition coefficient (Wildman–Crippen LogP) is 2.91. The van der Waals surface area contributed by atoms with Gasteiger partial charge in [-0.1, -0.05) is 42.5 Å². The zero-order chi connectivity index (χ0) is 17.4. The largest absolute Gasteiger partial charge is 0.481 e. The van der Waals surface area contributed by atoms with Crippen LogP contribution in [0.2, 0.25) is 0 Å². The molecule has 2 aliphatic heterocycles. The molecule has 0 saturated carbocycles. The van der Waals surface area contributed by atoms with Crippen molar-refractivity contribution >= 4 is 17.6 Å². The maximum absolute atomic E-state index is 13.2. The molecule has 128 valence electrons. The molecule has 1 N–H and O–H groups in total. The minimum absolute atomic E-state index is 0.0168. The summed E-state index contributed by atoms with van der Waals surface area (Å²) in [5.74, 6) is -1.16. The van der Waals surface area contributed by atoms with Gasteiger partial charge >= 0.3 is 5.97 Å². The molecule has 0 bridgehead atoms. The number of benzene rings is 2. The summed E-state index contributed by atoms with van der Waals surface area (Å²) in [7, 11) is 0. The van der Waals surface area contributed by atoms with E-state index in [1.165, 1.54) is 0 Å². The Labute approximate surface area is 145 Å². The number of carboxylic acids is 1. The van der Waals surface area contributed by atoms with Gasteiger partial charge in [-0.15, -0.1) is 0 Å². The SMILES string of the molecule is O=C(O)CC1CN(C(=O)C2OCCc3ccccc32)c2ccccc21. The van der Waals surface area contributed by atoms with Crippen molar-refractivity contribution < 1.29 is 19.4 Å². The third-order valence-electron chi connectivity index (χ3n) is 4.98. The Morgan fingerprint density at radius 2 is 1.80 bits per heavy atom. The molecule has 2 aromatic carbocycles. The van der Waals surface area contributed by atoms with Crippen LogP contribution in [0.3, 0.4) is 0 Å². The molecule has 5 heteroatoms. The number of carbonyl (C=O) groups excluding carboxylic acids is 1. The van der Waals surface area contributed by atoms with Crippen molar-refractivity contribution in [2.24, 2.45) is 0 Å². The Morgan fingerprint density at radius 3 is 2.60 bits per heavy atom. The number of hydrogen-bond donors (Lipinski definition) is 1. The van der Waals surface area contributed by atoms with E-state index in [2.05, 4.69) is 0 Å². The number of aliphatic carboxylic acids is 1. The number of amides is 1. The number of ether oxygens (including phenoxy) is 1. The van der Waals surface area contributed by atoms with Gasteiger partial charge in [-0.05, 0) is 29.2 Å². The normalized spacial score (nSPS) is 21.5. The van der Waals surface area contributed by atoms with E-state index in [9.17, 15) is 14.7 Å². The second kappa shape index (κ2) is 6.33. The monoisotopic (exact) mass is 337 g/mol. The van der Waals surface area contributed by atoms with E-state index in [-0.39, 0.29) is 18.2 Å². The number of rotatable bonds is 3. The number of fused-ring (bicyclic) bond motifs is 2. The number of hydrogen-bond acceptors (Lipinski definition) is 3. The number of carbonyl (C=O) groups is 2. The standard InChI is InChI=1S/C20H19NO4/c22-18(23)11-14-12-21(17-8-4-3-6-15(14)17)20(24)19-16-7-2-1-5-13(16)9-10-25-19/h1-8,14,19H,9-12H2,(H,22,23). The van der Waals surface area contributed by atoms with Crippen molar-refractivity contribution in [3.8, 4) is 0 Å². The lowest BCUT2D eigenvalue weighted by molar-refractivity contribution is -0.137. The van der Waals surface area contributed by atoms with Crippen LogP contribution in [0.25, 0.3) is 0 Å². The molecule has 0 aromatic heterocycles. The Bertz CT molecular complexity index is 832. The van der Waals surface area contributed by atoms with Gasteiger partial charge in [0, 0.05) is 18.2 Å². The molecule has 25 heavy (non-hydrogen) atoms. The third kappa shape index (κ3) is 2.81. The quantitative estimate of drug-likeness (QED) is 0.935. The van der Waals surface area contributed by atoms with Crippen molar-refractivity contribution in [2.75, 3.05) is 18.1 Å². The highest BCUT2D eigenvalue weighted by atomic mass is 16.5. The van der Waals surface area contributed by atoms with Gasteiger partial charge in [0.2, 0.25) is 0 Å². The maximum atomic E-state index is 13.2. The number of anilines is 1. The molecular weight excluding hydrogens is 318 g/mol. The smallest absolute Gasteiger partial charge is 0.304 e. The van der Waals surface area contributed by atoms with Gasteiger partial charge < -0.3 is 14.7 Å². The first-order valence-corrected chi connectivity index (χ1v) is 8.46. The summed E-state index contributed by atoms with van der Waals surface area (Å²) >= 11 is 0. The average molecular weight is 337 g/mol. The fourth-order valence-corrected chi connectivity index (χ4v) is 3.83. The van der Waals surface area contributed by atoms with Crippen LogP contribution in [-0.4, -0.2) is 30.1 Å². The van der Waals surface area contributed by atoms with Crippen LogP contribution in [0.5, 0.6) is 0 Å². The number of carboxylic acid groups (broad SMARTS) is 1. The van der Waals surface area contributed by atoms with Crippen LogP contribution in [0.15, 0.2) is 48.5 Å². The van der Waals surface area contributed by atoms with E-state index in [4.69, 9.17) is 4.74 Å². The first kappa shape index (κ1) is 15.8. The van der Waals surface area contributed by atoms with E-state index >= 15 is 0 Å². The molecule has 4 rings (SSSR count). The molecule has 2 unspecified atom stereocenters.